The molecule has 0 saturated heterocycles. The van der Waals surface area contributed by atoms with Gasteiger partial charge in [0, 0.05) is 37.5 Å². The van der Waals surface area contributed by atoms with Gasteiger partial charge in [-0.25, -0.2) is 5.84 Å². The van der Waals surface area contributed by atoms with Crippen LogP contribution in [-0.2, 0) is 19.0 Å². The van der Waals surface area contributed by atoms with Crippen LogP contribution < -0.4 is 22.2 Å². The van der Waals surface area contributed by atoms with Crippen LogP contribution in [0.2, 0.25) is 0 Å². The van der Waals surface area contributed by atoms with E-state index >= 15 is 0 Å². The van der Waals surface area contributed by atoms with E-state index in [9.17, 15) is 4.79 Å². The van der Waals surface area contributed by atoms with Crippen molar-refractivity contribution in [3.63, 3.8) is 0 Å². The maximum absolute atomic E-state index is 11.9. The number of hydrazine groups is 1. The third kappa shape index (κ3) is 17.0. The molecule has 4 unspecified atom stereocenters. The third-order valence-electron chi connectivity index (χ3n) is 9.16. The molecule has 2 aliphatic carbocycles. The maximum atomic E-state index is 11.9. The van der Waals surface area contributed by atoms with E-state index in [1.807, 2.05) is 0 Å². The van der Waals surface area contributed by atoms with E-state index in [0.29, 0.717) is 51.9 Å². The van der Waals surface area contributed by atoms with E-state index in [-0.39, 0.29) is 12.5 Å². The van der Waals surface area contributed by atoms with Gasteiger partial charge in [-0.3, -0.25) is 4.79 Å². The van der Waals surface area contributed by atoms with E-state index in [4.69, 9.17) is 30.9 Å². The predicted octanol–water partition coefficient (Wildman–Crippen LogP) is 3.68. The van der Waals surface area contributed by atoms with Crippen LogP contribution in [0, 0.1) is 23.7 Å². The number of nitrogens with one attached hydrogen (secondary N) is 2. The largest absolute Gasteiger partial charge is 0.401 e. The second-order valence-corrected chi connectivity index (χ2v) is 12.5. The Labute approximate surface area is 262 Å². The summed E-state index contributed by atoms with van der Waals surface area (Å²) in [5, 5.41) is 17.1. The summed E-state index contributed by atoms with van der Waals surface area (Å²) in [7, 11) is 0. The highest BCUT2D eigenvalue weighted by Gasteiger charge is 2.48. The van der Waals surface area contributed by atoms with Gasteiger partial charge in [0.1, 0.15) is 0 Å². The highest BCUT2D eigenvalue weighted by atomic mass is 16.5. The fourth-order valence-electron chi connectivity index (χ4n) is 6.12. The highest BCUT2D eigenvalue weighted by Crippen LogP contribution is 2.53. The molecule has 252 valence electrons. The number of amides is 1. The van der Waals surface area contributed by atoms with Crippen LogP contribution in [0.5, 0.6) is 0 Å². The number of allylic oxidation sites excluding steroid dienone is 2. The number of aliphatic hydroxyl groups excluding tert-OH is 1. The van der Waals surface area contributed by atoms with Crippen LogP contribution in [0.15, 0.2) is 11.4 Å². The zero-order valence-corrected chi connectivity index (χ0v) is 27.5. The van der Waals surface area contributed by atoms with Gasteiger partial charge in [0.2, 0.25) is 5.91 Å². The zero-order chi connectivity index (χ0) is 31.1. The lowest BCUT2D eigenvalue weighted by molar-refractivity contribution is -0.121. The number of fused-ring (bicyclic) bond motifs is 1. The third-order valence-corrected chi connectivity index (χ3v) is 9.16. The number of carbonyl (C=O) groups is 1. The van der Waals surface area contributed by atoms with E-state index < -0.39 is 0 Å². The van der Waals surface area contributed by atoms with E-state index in [0.717, 1.165) is 113 Å². The molecule has 1 amide bonds. The smallest absolute Gasteiger partial charge is 0.219 e. The van der Waals surface area contributed by atoms with Crippen molar-refractivity contribution >= 4 is 5.91 Å². The summed E-state index contributed by atoms with van der Waals surface area (Å²) in [6.07, 6.45) is 13.7. The number of hydrogen-bond acceptors (Lipinski definition) is 9. The highest BCUT2D eigenvalue weighted by molar-refractivity contribution is 5.75. The lowest BCUT2D eigenvalue weighted by atomic mass is 10.0. The summed E-state index contributed by atoms with van der Waals surface area (Å²) in [6, 6.07) is 0. The lowest BCUT2D eigenvalue weighted by Gasteiger charge is -2.25. The minimum atomic E-state index is 0.0754. The van der Waals surface area contributed by atoms with E-state index in [2.05, 4.69) is 24.5 Å². The molecule has 10 nitrogen and oxygen atoms in total. The lowest BCUT2D eigenvalue weighted by Crippen LogP contribution is -2.36. The quantitative estimate of drug-likeness (QED) is 0.0534. The molecule has 0 spiro atoms. The van der Waals surface area contributed by atoms with Crippen LogP contribution in [0.1, 0.15) is 97.3 Å². The molecule has 0 aromatic rings. The minimum Gasteiger partial charge on any atom is -0.401 e. The molecule has 0 heterocycles. The van der Waals surface area contributed by atoms with Gasteiger partial charge in [0.15, 0.2) is 0 Å². The van der Waals surface area contributed by atoms with Crippen LogP contribution in [-0.4, -0.2) is 88.4 Å². The van der Waals surface area contributed by atoms with Gasteiger partial charge < -0.3 is 40.7 Å². The van der Waals surface area contributed by atoms with Gasteiger partial charge >= 0.3 is 0 Å². The molecule has 2 aliphatic rings. The Morgan fingerprint density at radius 3 is 2.42 bits per heavy atom. The molecule has 0 aliphatic heterocycles. The van der Waals surface area contributed by atoms with Crippen molar-refractivity contribution in [3.05, 3.63) is 11.4 Å². The second kappa shape index (κ2) is 23.9. The molecule has 2 rings (SSSR count). The monoisotopic (exact) mass is 611 g/mol. The number of aliphatic hydroxyl groups is 1. The molecule has 1 saturated carbocycles. The summed E-state index contributed by atoms with van der Waals surface area (Å²) in [6.45, 7) is 11.3. The first kappa shape index (κ1) is 37.8. The Bertz CT molecular complexity index is 755. The van der Waals surface area contributed by atoms with Crippen LogP contribution in [0.4, 0.5) is 0 Å². The summed E-state index contributed by atoms with van der Waals surface area (Å²) in [4.78, 5) is 11.9. The van der Waals surface area contributed by atoms with Crippen LogP contribution in [0.3, 0.4) is 0 Å². The van der Waals surface area contributed by atoms with Gasteiger partial charge in [-0.15, -0.1) is 0 Å². The van der Waals surface area contributed by atoms with Crippen molar-refractivity contribution < 1.29 is 24.1 Å². The standard InChI is InChI=1S/C33H65N5O5/c1-3-27(2)10-6-4-7-11-33(40)37-16-8-5-9-20-41-24-25-43-22-18-38(35)32-15-13-29-28(12-14-31(32)34)30(29)26-36-17-21-42-23-19-39/h27-30,36,39H,3-26,34-35H2,1-2H3,(H,37,40)/b32-31-. The van der Waals surface area contributed by atoms with Crippen LogP contribution >= 0.6 is 0 Å². The van der Waals surface area contributed by atoms with Crippen molar-refractivity contribution in [2.24, 2.45) is 35.2 Å². The molecule has 7 N–H and O–H groups in total. The fourth-order valence-corrected chi connectivity index (χ4v) is 6.12. The molecule has 4 atom stereocenters. The minimum absolute atomic E-state index is 0.0754. The Balaban J connectivity index is 1.40. The molecular weight excluding hydrogens is 546 g/mol. The number of unbranched alkanes of at least 4 members (excludes halogenated alkanes) is 4. The molecule has 0 aromatic carbocycles. The summed E-state index contributed by atoms with van der Waals surface area (Å²) < 4.78 is 16.8. The van der Waals surface area contributed by atoms with Gasteiger partial charge in [0.25, 0.3) is 0 Å². The van der Waals surface area contributed by atoms with Gasteiger partial charge in [-0.05, 0) is 81.6 Å². The van der Waals surface area contributed by atoms with Crippen molar-refractivity contribution in [1.29, 1.82) is 0 Å². The first-order valence-electron chi connectivity index (χ1n) is 17.3. The van der Waals surface area contributed by atoms with Crippen molar-refractivity contribution in [2.45, 2.75) is 97.3 Å². The maximum Gasteiger partial charge on any atom is 0.219 e. The summed E-state index contributed by atoms with van der Waals surface area (Å²) in [5.74, 6) is 9.60. The Morgan fingerprint density at radius 2 is 1.65 bits per heavy atom. The first-order valence-corrected chi connectivity index (χ1v) is 17.3. The number of rotatable bonds is 27. The normalized spacial score (nSPS) is 22.5. The Hall–Kier alpha value is -1.43. The molecule has 0 radical (unpaired) electrons. The molecule has 10 heteroatoms. The number of carbonyl (C=O) groups excluding carboxylic acids is 1. The topological polar surface area (TPSA) is 144 Å². The van der Waals surface area contributed by atoms with Crippen molar-refractivity contribution in [2.75, 3.05) is 72.4 Å². The van der Waals surface area contributed by atoms with Gasteiger partial charge in [0.05, 0.1) is 46.2 Å². The van der Waals surface area contributed by atoms with Crippen LogP contribution in [0.25, 0.3) is 0 Å². The average Bonchev–Trinajstić information content (AvgIpc) is 3.66. The number of ether oxygens (including phenoxy) is 3. The molecule has 1 fully saturated rings. The second-order valence-electron chi connectivity index (χ2n) is 12.5. The average molecular weight is 612 g/mol. The molecule has 0 aromatic heterocycles. The zero-order valence-electron chi connectivity index (χ0n) is 27.5. The molecule has 0 bridgehead atoms. The fraction of sp³-hybridized carbons (Fsp3) is 0.909. The molecular formula is C33H65N5O5. The first-order chi connectivity index (χ1) is 21.0. The van der Waals surface area contributed by atoms with Gasteiger partial charge in [-0.1, -0.05) is 39.5 Å². The Kier molecular flexibility index (Phi) is 21.0. The predicted molar refractivity (Wildman–Crippen MR) is 173 cm³/mol. The van der Waals surface area contributed by atoms with E-state index in [1.165, 1.54) is 19.3 Å². The van der Waals surface area contributed by atoms with E-state index in [1.54, 1.807) is 5.01 Å². The summed E-state index contributed by atoms with van der Waals surface area (Å²) in [5.41, 5.74) is 8.45. The summed E-state index contributed by atoms with van der Waals surface area (Å²) >= 11 is 0. The van der Waals surface area contributed by atoms with Crippen molar-refractivity contribution in [1.82, 2.24) is 15.6 Å². The van der Waals surface area contributed by atoms with Crippen molar-refractivity contribution in [3.8, 4) is 0 Å². The number of nitrogens with two attached hydrogens (primary N) is 2. The van der Waals surface area contributed by atoms with Gasteiger partial charge in [-0.2, -0.15) is 0 Å². The number of nitrogens with zero attached hydrogens (tertiary/aromatic N) is 1. The Morgan fingerprint density at radius 1 is 0.930 bits per heavy atom. The SMILES string of the molecule is CCC(C)CCCCCC(=O)NCCCCCOCCOCCN(N)/C1=C(\N)CCC2C(CC1)C2CNCCOCCO. The number of hydrogen-bond donors (Lipinski definition) is 5. The molecule has 43 heavy (non-hydrogen) atoms.